The van der Waals surface area contributed by atoms with E-state index in [1.165, 1.54) is 0 Å². The molecule has 0 aliphatic heterocycles. The SMILES string of the molecule is C=Cc1ccccc1C(CCCC)C(=O)c1ccc(OCCN(C)C)cc1. The van der Waals surface area contributed by atoms with Crippen LogP contribution < -0.4 is 4.74 Å². The van der Waals surface area contributed by atoms with Crippen molar-refractivity contribution in [3.63, 3.8) is 0 Å². The molecule has 0 saturated heterocycles. The summed E-state index contributed by atoms with van der Waals surface area (Å²) >= 11 is 0. The van der Waals surface area contributed by atoms with Crippen LogP contribution in [0.25, 0.3) is 6.08 Å². The molecule has 2 rings (SSSR count). The van der Waals surface area contributed by atoms with Crippen molar-refractivity contribution < 1.29 is 9.53 Å². The Hall–Kier alpha value is -2.39. The molecule has 0 aliphatic rings. The van der Waals surface area contributed by atoms with Gasteiger partial charge in [0.05, 0.1) is 0 Å². The summed E-state index contributed by atoms with van der Waals surface area (Å²) in [6.45, 7) is 7.55. The van der Waals surface area contributed by atoms with Gasteiger partial charge in [0.25, 0.3) is 0 Å². The van der Waals surface area contributed by atoms with Gasteiger partial charge in [-0.3, -0.25) is 4.79 Å². The fourth-order valence-corrected chi connectivity index (χ4v) is 3.11. The quantitative estimate of drug-likeness (QED) is 0.498. The molecule has 0 fully saturated rings. The van der Waals surface area contributed by atoms with Crippen molar-refractivity contribution in [1.29, 1.82) is 0 Å². The molecule has 0 aliphatic carbocycles. The third-order valence-corrected chi connectivity index (χ3v) is 4.70. The Morgan fingerprint density at radius 2 is 1.85 bits per heavy atom. The van der Waals surface area contributed by atoms with Gasteiger partial charge in [0.1, 0.15) is 12.4 Å². The van der Waals surface area contributed by atoms with Crippen LogP contribution in [0.1, 0.15) is 53.6 Å². The van der Waals surface area contributed by atoms with E-state index in [2.05, 4.69) is 18.4 Å². The molecule has 0 spiro atoms. The molecule has 27 heavy (non-hydrogen) atoms. The first kappa shape index (κ1) is 20.9. The maximum Gasteiger partial charge on any atom is 0.170 e. The Bertz CT molecular complexity index is 734. The molecule has 0 N–H and O–H groups in total. The molecule has 1 atom stereocenters. The average molecular weight is 366 g/mol. The highest BCUT2D eigenvalue weighted by Crippen LogP contribution is 2.30. The highest BCUT2D eigenvalue weighted by molar-refractivity contribution is 6.01. The van der Waals surface area contributed by atoms with Crippen molar-refractivity contribution >= 4 is 11.9 Å². The summed E-state index contributed by atoms with van der Waals surface area (Å²) in [4.78, 5) is 15.3. The fraction of sp³-hybridized carbons (Fsp3) is 0.375. The number of Topliss-reactive ketones (excluding diaryl/α,β-unsaturated/α-hetero) is 1. The van der Waals surface area contributed by atoms with Gasteiger partial charge in [-0.2, -0.15) is 0 Å². The first-order valence-corrected chi connectivity index (χ1v) is 9.70. The van der Waals surface area contributed by atoms with Crippen LogP contribution in [0.4, 0.5) is 0 Å². The summed E-state index contributed by atoms with van der Waals surface area (Å²) in [6, 6.07) is 15.6. The predicted octanol–water partition coefficient (Wildman–Crippen LogP) is 5.43. The van der Waals surface area contributed by atoms with Crippen molar-refractivity contribution in [2.75, 3.05) is 27.2 Å². The number of rotatable bonds is 11. The van der Waals surface area contributed by atoms with Crippen LogP contribution in [0, 0.1) is 0 Å². The molecule has 0 heterocycles. The van der Waals surface area contributed by atoms with Gasteiger partial charge < -0.3 is 9.64 Å². The van der Waals surface area contributed by atoms with Crippen LogP contribution in [0.5, 0.6) is 5.75 Å². The smallest absolute Gasteiger partial charge is 0.170 e. The van der Waals surface area contributed by atoms with Crippen LogP contribution in [0.2, 0.25) is 0 Å². The fourth-order valence-electron chi connectivity index (χ4n) is 3.11. The summed E-state index contributed by atoms with van der Waals surface area (Å²) in [6.07, 6.45) is 4.77. The average Bonchev–Trinajstić information content (AvgIpc) is 2.68. The first-order chi connectivity index (χ1) is 13.1. The van der Waals surface area contributed by atoms with Crippen molar-refractivity contribution in [3.05, 3.63) is 71.8 Å². The van der Waals surface area contributed by atoms with E-state index in [0.717, 1.165) is 48.2 Å². The highest BCUT2D eigenvalue weighted by Gasteiger charge is 2.23. The largest absolute Gasteiger partial charge is 0.492 e. The Balaban J connectivity index is 2.18. The van der Waals surface area contributed by atoms with Gasteiger partial charge in [0, 0.05) is 18.0 Å². The number of benzene rings is 2. The lowest BCUT2D eigenvalue weighted by Gasteiger charge is -2.19. The van der Waals surface area contributed by atoms with Crippen molar-refractivity contribution in [2.45, 2.75) is 32.1 Å². The lowest BCUT2D eigenvalue weighted by Crippen LogP contribution is -2.19. The number of unbranched alkanes of at least 4 members (excludes halogenated alkanes) is 1. The minimum absolute atomic E-state index is 0.139. The predicted molar refractivity (Wildman–Crippen MR) is 114 cm³/mol. The lowest BCUT2D eigenvalue weighted by molar-refractivity contribution is 0.0954. The van der Waals surface area contributed by atoms with Gasteiger partial charge in [0.2, 0.25) is 0 Å². The zero-order valence-corrected chi connectivity index (χ0v) is 16.8. The van der Waals surface area contributed by atoms with E-state index in [9.17, 15) is 4.79 Å². The summed E-state index contributed by atoms with van der Waals surface area (Å²) in [7, 11) is 4.03. The normalized spacial score (nSPS) is 12.0. The molecule has 0 saturated carbocycles. The maximum absolute atomic E-state index is 13.3. The van der Waals surface area contributed by atoms with Crippen molar-refractivity contribution in [3.8, 4) is 5.75 Å². The van der Waals surface area contributed by atoms with Crippen LogP contribution >= 0.6 is 0 Å². The molecule has 1 unspecified atom stereocenters. The van der Waals surface area contributed by atoms with Crippen LogP contribution in [-0.4, -0.2) is 37.9 Å². The van der Waals surface area contributed by atoms with Gasteiger partial charge in [-0.1, -0.05) is 56.7 Å². The van der Waals surface area contributed by atoms with Gasteiger partial charge in [-0.15, -0.1) is 0 Å². The number of hydrogen-bond acceptors (Lipinski definition) is 3. The van der Waals surface area contributed by atoms with Crippen LogP contribution in [-0.2, 0) is 0 Å². The summed E-state index contributed by atoms with van der Waals surface area (Å²) in [5.41, 5.74) is 2.84. The first-order valence-electron chi connectivity index (χ1n) is 9.70. The zero-order valence-electron chi connectivity index (χ0n) is 16.8. The van der Waals surface area contributed by atoms with Crippen molar-refractivity contribution in [1.82, 2.24) is 4.90 Å². The van der Waals surface area contributed by atoms with Gasteiger partial charge >= 0.3 is 0 Å². The number of carbonyl (C=O) groups is 1. The van der Waals surface area contributed by atoms with E-state index in [0.29, 0.717) is 6.61 Å². The van der Waals surface area contributed by atoms with E-state index >= 15 is 0 Å². The Morgan fingerprint density at radius 1 is 1.15 bits per heavy atom. The second kappa shape index (κ2) is 10.7. The molecule has 0 bridgehead atoms. The third-order valence-electron chi connectivity index (χ3n) is 4.70. The standard InChI is InChI=1S/C24H31NO2/c1-5-7-11-23(22-12-9-8-10-19(22)6-2)24(26)20-13-15-21(16-14-20)27-18-17-25(3)4/h6,8-10,12-16,23H,2,5,7,11,17-18H2,1,3-4H3. The summed E-state index contributed by atoms with van der Waals surface area (Å²) < 4.78 is 5.73. The monoisotopic (exact) mass is 365 g/mol. The highest BCUT2D eigenvalue weighted by atomic mass is 16.5. The number of hydrogen-bond donors (Lipinski definition) is 0. The lowest BCUT2D eigenvalue weighted by atomic mass is 9.84. The number of nitrogens with zero attached hydrogens (tertiary/aromatic N) is 1. The molecule has 0 aromatic heterocycles. The van der Waals surface area contributed by atoms with Gasteiger partial charge in [-0.05, 0) is 55.9 Å². The number of ether oxygens (including phenoxy) is 1. The van der Waals surface area contributed by atoms with E-state index in [1.807, 2.05) is 68.7 Å². The number of ketones is 1. The van der Waals surface area contributed by atoms with E-state index in [4.69, 9.17) is 4.74 Å². The van der Waals surface area contributed by atoms with Gasteiger partial charge in [0.15, 0.2) is 5.78 Å². The Kier molecular flexibility index (Phi) is 8.28. The topological polar surface area (TPSA) is 29.5 Å². The molecule has 0 radical (unpaired) electrons. The zero-order chi connectivity index (χ0) is 19.6. The van der Waals surface area contributed by atoms with Crippen LogP contribution in [0.3, 0.4) is 0 Å². The second-order valence-corrected chi connectivity index (χ2v) is 7.07. The molecule has 2 aromatic rings. The minimum atomic E-state index is -0.139. The van der Waals surface area contributed by atoms with Crippen molar-refractivity contribution in [2.24, 2.45) is 0 Å². The van der Waals surface area contributed by atoms with E-state index < -0.39 is 0 Å². The Morgan fingerprint density at radius 3 is 2.48 bits per heavy atom. The molecule has 3 heteroatoms. The summed E-state index contributed by atoms with van der Waals surface area (Å²) in [5.74, 6) is 0.822. The third kappa shape index (κ3) is 6.07. The summed E-state index contributed by atoms with van der Waals surface area (Å²) in [5, 5.41) is 0. The minimum Gasteiger partial charge on any atom is -0.492 e. The van der Waals surface area contributed by atoms with Crippen LogP contribution in [0.15, 0.2) is 55.1 Å². The molecule has 0 amide bonds. The molecular formula is C24H31NO2. The Labute approximate surface area is 163 Å². The van der Waals surface area contributed by atoms with E-state index in [-0.39, 0.29) is 11.7 Å². The second-order valence-electron chi connectivity index (χ2n) is 7.07. The van der Waals surface area contributed by atoms with Gasteiger partial charge in [-0.25, -0.2) is 0 Å². The molecular weight excluding hydrogens is 334 g/mol. The molecule has 144 valence electrons. The number of carbonyl (C=O) groups excluding carboxylic acids is 1. The molecule has 3 nitrogen and oxygen atoms in total. The number of likely N-dealkylation sites (N-methyl/N-ethyl adjacent to an activating group) is 1. The molecule has 2 aromatic carbocycles. The maximum atomic E-state index is 13.3. The van der Waals surface area contributed by atoms with E-state index in [1.54, 1.807) is 0 Å².